The van der Waals surface area contributed by atoms with Crippen molar-refractivity contribution >= 4 is 34.0 Å². The summed E-state index contributed by atoms with van der Waals surface area (Å²) < 4.78 is 0. The summed E-state index contributed by atoms with van der Waals surface area (Å²) in [4.78, 5) is 8.81. The zero-order valence-corrected chi connectivity index (χ0v) is 14.2. The number of nitriles is 1. The van der Waals surface area contributed by atoms with E-state index in [0.29, 0.717) is 10.7 Å². The van der Waals surface area contributed by atoms with Crippen molar-refractivity contribution in [1.29, 1.82) is 5.26 Å². The standard InChI is InChI=1S/C18H15ClN6/c19-17-14-3-1-2-4-15(14)18(23-22-17)25-9-7-24(8-10-25)16-6-5-13(11-20)12-21-16/h1-6,12H,7-10H2. The van der Waals surface area contributed by atoms with Crippen molar-refractivity contribution in [3.63, 3.8) is 0 Å². The molecule has 1 aliphatic rings. The van der Waals surface area contributed by atoms with E-state index in [1.807, 2.05) is 30.3 Å². The number of benzene rings is 1. The van der Waals surface area contributed by atoms with E-state index in [4.69, 9.17) is 16.9 Å². The van der Waals surface area contributed by atoms with Gasteiger partial charge >= 0.3 is 0 Å². The van der Waals surface area contributed by atoms with Crippen LogP contribution in [-0.2, 0) is 0 Å². The molecule has 0 radical (unpaired) electrons. The van der Waals surface area contributed by atoms with Gasteiger partial charge in [-0.05, 0) is 12.1 Å². The molecule has 0 spiro atoms. The molecule has 4 rings (SSSR count). The van der Waals surface area contributed by atoms with Crippen molar-refractivity contribution < 1.29 is 0 Å². The molecule has 1 fully saturated rings. The van der Waals surface area contributed by atoms with E-state index >= 15 is 0 Å². The van der Waals surface area contributed by atoms with Crippen LogP contribution in [0.1, 0.15) is 5.56 Å². The Morgan fingerprint density at radius 1 is 0.920 bits per heavy atom. The van der Waals surface area contributed by atoms with Gasteiger partial charge in [0.25, 0.3) is 0 Å². The molecule has 0 atom stereocenters. The van der Waals surface area contributed by atoms with Gasteiger partial charge in [0.15, 0.2) is 11.0 Å². The van der Waals surface area contributed by atoms with E-state index in [1.54, 1.807) is 12.3 Å². The lowest BCUT2D eigenvalue weighted by atomic mass is 10.1. The molecule has 3 heterocycles. The molecular formula is C18H15ClN6. The van der Waals surface area contributed by atoms with Gasteiger partial charge in [0.05, 0.1) is 5.56 Å². The third kappa shape index (κ3) is 2.94. The number of aromatic nitrogens is 3. The molecule has 0 aliphatic carbocycles. The SMILES string of the molecule is N#Cc1ccc(N2CCN(c3nnc(Cl)c4ccccc34)CC2)nc1. The Balaban J connectivity index is 1.54. The lowest BCUT2D eigenvalue weighted by molar-refractivity contribution is 0.640. The van der Waals surface area contributed by atoms with E-state index in [9.17, 15) is 0 Å². The minimum Gasteiger partial charge on any atom is -0.353 e. The van der Waals surface area contributed by atoms with Crippen LogP contribution in [0.4, 0.5) is 11.6 Å². The summed E-state index contributed by atoms with van der Waals surface area (Å²) >= 11 is 6.16. The maximum Gasteiger partial charge on any atom is 0.159 e. The van der Waals surface area contributed by atoms with Crippen molar-refractivity contribution in [3.8, 4) is 6.07 Å². The second kappa shape index (κ2) is 6.54. The van der Waals surface area contributed by atoms with Gasteiger partial charge in [-0.25, -0.2) is 4.98 Å². The van der Waals surface area contributed by atoms with Crippen LogP contribution in [0.5, 0.6) is 0 Å². The Kier molecular flexibility index (Phi) is 4.08. The molecular weight excluding hydrogens is 336 g/mol. The first-order valence-corrected chi connectivity index (χ1v) is 8.41. The zero-order valence-electron chi connectivity index (χ0n) is 13.4. The highest BCUT2D eigenvalue weighted by Gasteiger charge is 2.21. The molecule has 7 heteroatoms. The minimum atomic E-state index is 0.430. The Morgan fingerprint density at radius 2 is 1.64 bits per heavy atom. The van der Waals surface area contributed by atoms with E-state index in [-0.39, 0.29) is 0 Å². The largest absolute Gasteiger partial charge is 0.353 e. The first-order valence-electron chi connectivity index (χ1n) is 8.03. The lowest BCUT2D eigenvalue weighted by Gasteiger charge is -2.36. The molecule has 124 valence electrons. The van der Waals surface area contributed by atoms with Crippen LogP contribution in [-0.4, -0.2) is 41.4 Å². The van der Waals surface area contributed by atoms with Crippen LogP contribution in [0.3, 0.4) is 0 Å². The number of fused-ring (bicyclic) bond motifs is 1. The predicted molar refractivity (Wildman–Crippen MR) is 97.9 cm³/mol. The average molecular weight is 351 g/mol. The highest BCUT2D eigenvalue weighted by molar-refractivity contribution is 6.34. The second-order valence-corrected chi connectivity index (χ2v) is 6.21. The second-order valence-electron chi connectivity index (χ2n) is 5.85. The Hall–Kier alpha value is -2.91. The number of halogens is 1. The fourth-order valence-corrected chi connectivity index (χ4v) is 3.28. The number of nitrogens with zero attached hydrogens (tertiary/aromatic N) is 6. The van der Waals surface area contributed by atoms with Gasteiger partial charge in [0.2, 0.25) is 0 Å². The van der Waals surface area contributed by atoms with Crippen molar-refractivity contribution in [2.45, 2.75) is 0 Å². The number of anilines is 2. The number of rotatable bonds is 2. The van der Waals surface area contributed by atoms with Gasteiger partial charge in [-0.1, -0.05) is 35.9 Å². The number of hydrogen-bond acceptors (Lipinski definition) is 6. The fourth-order valence-electron chi connectivity index (χ4n) is 3.08. The number of pyridine rings is 1. The van der Waals surface area contributed by atoms with Crippen LogP contribution in [0.15, 0.2) is 42.6 Å². The van der Waals surface area contributed by atoms with E-state index in [1.165, 1.54) is 0 Å². The molecule has 1 saturated heterocycles. The highest BCUT2D eigenvalue weighted by Crippen LogP contribution is 2.29. The molecule has 0 bridgehead atoms. The molecule has 1 aromatic carbocycles. The van der Waals surface area contributed by atoms with Gasteiger partial charge in [-0.2, -0.15) is 5.26 Å². The normalized spacial score (nSPS) is 14.6. The fraction of sp³-hybridized carbons (Fsp3) is 0.222. The molecule has 0 unspecified atom stereocenters. The summed E-state index contributed by atoms with van der Waals surface area (Å²) in [6.07, 6.45) is 1.61. The monoisotopic (exact) mass is 350 g/mol. The molecule has 0 amide bonds. The predicted octanol–water partition coefficient (Wildman–Crippen LogP) is 2.88. The third-order valence-corrected chi connectivity index (χ3v) is 4.68. The van der Waals surface area contributed by atoms with Gasteiger partial charge in [0, 0.05) is 43.1 Å². The van der Waals surface area contributed by atoms with Crippen molar-refractivity contribution in [2.75, 3.05) is 36.0 Å². The first-order chi connectivity index (χ1) is 12.3. The van der Waals surface area contributed by atoms with Crippen molar-refractivity contribution in [1.82, 2.24) is 15.2 Å². The summed E-state index contributed by atoms with van der Waals surface area (Å²) in [7, 11) is 0. The maximum atomic E-state index is 8.87. The minimum absolute atomic E-state index is 0.430. The highest BCUT2D eigenvalue weighted by atomic mass is 35.5. The maximum absolute atomic E-state index is 8.87. The molecule has 0 saturated carbocycles. The summed E-state index contributed by atoms with van der Waals surface area (Å²) in [5, 5.41) is 19.7. The summed E-state index contributed by atoms with van der Waals surface area (Å²) in [5.41, 5.74) is 0.574. The molecule has 3 aromatic rings. The van der Waals surface area contributed by atoms with Gasteiger partial charge < -0.3 is 9.80 Å². The number of hydrogen-bond donors (Lipinski definition) is 0. The lowest BCUT2D eigenvalue weighted by Crippen LogP contribution is -2.47. The van der Waals surface area contributed by atoms with Crippen LogP contribution < -0.4 is 9.80 Å². The van der Waals surface area contributed by atoms with E-state index in [0.717, 1.165) is 48.6 Å². The topological polar surface area (TPSA) is 68.9 Å². The molecule has 1 aliphatic heterocycles. The van der Waals surface area contributed by atoms with Gasteiger partial charge in [0.1, 0.15) is 11.9 Å². The van der Waals surface area contributed by atoms with Crippen LogP contribution in [0.25, 0.3) is 10.8 Å². The van der Waals surface area contributed by atoms with Crippen molar-refractivity contribution in [2.24, 2.45) is 0 Å². The Labute approximate surface area is 150 Å². The average Bonchev–Trinajstić information content (AvgIpc) is 2.69. The van der Waals surface area contributed by atoms with Crippen LogP contribution in [0.2, 0.25) is 5.15 Å². The van der Waals surface area contributed by atoms with Crippen LogP contribution in [0, 0.1) is 11.3 Å². The molecule has 6 nitrogen and oxygen atoms in total. The van der Waals surface area contributed by atoms with Crippen LogP contribution >= 0.6 is 11.6 Å². The van der Waals surface area contributed by atoms with Gasteiger partial charge in [-0.3, -0.25) is 0 Å². The first kappa shape index (κ1) is 15.6. The molecule has 2 aromatic heterocycles. The summed E-state index contributed by atoms with van der Waals surface area (Å²) in [6.45, 7) is 3.30. The smallest absolute Gasteiger partial charge is 0.159 e. The summed E-state index contributed by atoms with van der Waals surface area (Å²) in [6, 6.07) is 13.7. The summed E-state index contributed by atoms with van der Waals surface area (Å²) in [5.74, 6) is 1.76. The third-order valence-electron chi connectivity index (χ3n) is 4.40. The zero-order chi connectivity index (χ0) is 17.2. The van der Waals surface area contributed by atoms with Gasteiger partial charge in [-0.15, -0.1) is 10.2 Å². The van der Waals surface area contributed by atoms with E-state index in [2.05, 4.69) is 31.1 Å². The van der Waals surface area contributed by atoms with Crippen molar-refractivity contribution in [3.05, 3.63) is 53.3 Å². The Morgan fingerprint density at radius 3 is 2.32 bits per heavy atom. The van der Waals surface area contributed by atoms with E-state index < -0.39 is 0 Å². The quantitative estimate of drug-likeness (QED) is 0.708. The molecule has 25 heavy (non-hydrogen) atoms. The number of piperazine rings is 1. The Bertz CT molecular complexity index is 942. The molecule has 0 N–H and O–H groups in total.